The van der Waals surface area contributed by atoms with Crippen molar-refractivity contribution in [3.63, 3.8) is 0 Å². The van der Waals surface area contributed by atoms with Crippen molar-refractivity contribution >= 4 is 5.97 Å². The number of rotatable bonds is 4. The van der Waals surface area contributed by atoms with Gasteiger partial charge in [0.1, 0.15) is 0 Å². The van der Waals surface area contributed by atoms with E-state index in [0.29, 0.717) is 24.9 Å². The van der Waals surface area contributed by atoms with Gasteiger partial charge >= 0.3 is 5.97 Å². The SMILES string of the molecule is CCC(=O)OCC(C)C(C)C. The summed E-state index contributed by atoms with van der Waals surface area (Å²) in [6.07, 6.45) is 0.477. The molecule has 0 aromatic carbocycles. The molecule has 11 heavy (non-hydrogen) atoms. The summed E-state index contributed by atoms with van der Waals surface area (Å²) in [6, 6.07) is 0. The minimum absolute atomic E-state index is 0.0995. The highest BCUT2D eigenvalue weighted by Gasteiger charge is 2.08. The van der Waals surface area contributed by atoms with Crippen LogP contribution in [0.2, 0.25) is 0 Å². The average Bonchev–Trinajstić information content (AvgIpc) is 1.99. The molecule has 0 aliphatic heterocycles. The lowest BCUT2D eigenvalue weighted by molar-refractivity contribution is -0.144. The smallest absolute Gasteiger partial charge is 0.305 e. The minimum Gasteiger partial charge on any atom is -0.465 e. The Hall–Kier alpha value is -0.530. The van der Waals surface area contributed by atoms with E-state index in [0.717, 1.165) is 0 Å². The van der Waals surface area contributed by atoms with E-state index in [1.807, 2.05) is 6.92 Å². The molecule has 0 bridgehead atoms. The highest BCUT2D eigenvalue weighted by molar-refractivity contribution is 5.68. The molecule has 0 fully saturated rings. The van der Waals surface area contributed by atoms with E-state index in [1.165, 1.54) is 0 Å². The van der Waals surface area contributed by atoms with Gasteiger partial charge in [-0.2, -0.15) is 0 Å². The van der Waals surface area contributed by atoms with Gasteiger partial charge in [-0.25, -0.2) is 0 Å². The van der Waals surface area contributed by atoms with Crippen LogP contribution in [0.3, 0.4) is 0 Å². The molecule has 0 heterocycles. The van der Waals surface area contributed by atoms with Crippen molar-refractivity contribution in [1.82, 2.24) is 0 Å². The Morgan fingerprint density at radius 1 is 1.36 bits per heavy atom. The molecule has 0 aliphatic rings. The molecular formula is C9H18O2. The second-order valence-electron chi connectivity index (χ2n) is 3.26. The van der Waals surface area contributed by atoms with Gasteiger partial charge in [0.2, 0.25) is 0 Å². The summed E-state index contributed by atoms with van der Waals surface area (Å²) in [6.45, 7) is 8.72. The van der Waals surface area contributed by atoms with Crippen molar-refractivity contribution in [3.05, 3.63) is 0 Å². The van der Waals surface area contributed by atoms with Crippen LogP contribution in [0.25, 0.3) is 0 Å². The summed E-state index contributed by atoms with van der Waals surface area (Å²) in [5.41, 5.74) is 0. The fraction of sp³-hybridized carbons (Fsp3) is 0.889. The first kappa shape index (κ1) is 10.5. The highest BCUT2D eigenvalue weighted by atomic mass is 16.5. The Labute approximate surface area is 68.9 Å². The van der Waals surface area contributed by atoms with E-state index in [2.05, 4.69) is 20.8 Å². The molecule has 2 nitrogen and oxygen atoms in total. The Kier molecular flexibility index (Phi) is 4.92. The van der Waals surface area contributed by atoms with Crippen LogP contribution >= 0.6 is 0 Å². The van der Waals surface area contributed by atoms with Crippen molar-refractivity contribution in [2.45, 2.75) is 34.1 Å². The molecule has 0 aromatic rings. The van der Waals surface area contributed by atoms with Crippen molar-refractivity contribution in [2.75, 3.05) is 6.61 Å². The summed E-state index contributed by atoms with van der Waals surface area (Å²) < 4.78 is 4.98. The molecule has 0 radical (unpaired) electrons. The van der Waals surface area contributed by atoms with Crippen molar-refractivity contribution in [3.8, 4) is 0 Å². The van der Waals surface area contributed by atoms with Gasteiger partial charge in [-0.05, 0) is 11.8 Å². The van der Waals surface area contributed by atoms with Gasteiger partial charge in [-0.3, -0.25) is 4.79 Å². The van der Waals surface area contributed by atoms with Gasteiger partial charge in [-0.1, -0.05) is 27.7 Å². The van der Waals surface area contributed by atoms with Gasteiger partial charge in [-0.15, -0.1) is 0 Å². The highest BCUT2D eigenvalue weighted by Crippen LogP contribution is 2.09. The van der Waals surface area contributed by atoms with Crippen molar-refractivity contribution in [2.24, 2.45) is 11.8 Å². The van der Waals surface area contributed by atoms with Crippen LogP contribution < -0.4 is 0 Å². The molecule has 0 saturated heterocycles. The van der Waals surface area contributed by atoms with E-state index in [4.69, 9.17) is 4.74 Å². The van der Waals surface area contributed by atoms with E-state index in [-0.39, 0.29) is 5.97 Å². The van der Waals surface area contributed by atoms with E-state index >= 15 is 0 Å². The van der Waals surface area contributed by atoms with Crippen LogP contribution in [0.15, 0.2) is 0 Å². The van der Waals surface area contributed by atoms with Crippen LogP contribution in [0.5, 0.6) is 0 Å². The van der Waals surface area contributed by atoms with Gasteiger partial charge in [0.05, 0.1) is 6.61 Å². The van der Waals surface area contributed by atoms with Gasteiger partial charge < -0.3 is 4.74 Å². The fourth-order valence-electron chi connectivity index (χ4n) is 0.519. The number of esters is 1. The lowest BCUT2D eigenvalue weighted by Crippen LogP contribution is -2.15. The predicted octanol–water partition coefficient (Wildman–Crippen LogP) is 2.23. The second kappa shape index (κ2) is 5.16. The van der Waals surface area contributed by atoms with Gasteiger partial charge in [0.25, 0.3) is 0 Å². The molecule has 0 rings (SSSR count). The molecule has 0 aromatic heterocycles. The first-order chi connectivity index (χ1) is 5.07. The molecule has 66 valence electrons. The molecule has 0 saturated carbocycles. The number of carbonyl (C=O) groups is 1. The number of carbonyl (C=O) groups excluding carboxylic acids is 1. The topological polar surface area (TPSA) is 26.3 Å². The molecule has 0 N–H and O–H groups in total. The monoisotopic (exact) mass is 158 g/mol. The fourth-order valence-corrected chi connectivity index (χ4v) is 0.519. The summed E-state index contributed by atoms with van der Waals surface area (Å²) >= 11 is 0. The molecule has 0 spiro atoms. The molecule has 2 heteroatoms. The predicted molar refractivity (Wildman–Crippen MR) is 45.3 cm³/mol. The maximum absolute atomic E-state index is 10.7. The van der Waals surface area contributed by atoms with Crippen LogP contribution in [-0.4, -0.2) is 12.6 Å². The van der Waals surface area contributed by atoms with Gasteiger partial charge in [0, 0.05) is 6.42 Å². The lowest BCUT2D eigenvalue weighted by Gasteiger charge is -2.14. The van der Waals surface area contributed by atoms with Crippen molar-refractivity contribution < 1.29 is 9.53 Å². The Balaban J connectivity index is 3.45. The average molecular weight is 158 g/mol. The summed E-state index contributed by atoms with van der Waals surface area (Å²) in [5.74, 6) is 0.947. The third-order valence-corrected chi connectivity index (χ3v) is 1.93. The van der Waals surface area contributed by atoms with E-state index in [9.17, 15) is 4.79 Å². The first-order valence-electron chi connectivity index (χ1n) is 4.23. The molecule has 0 amide bonds. The maximum atomic E-state index is 10.7. The standard InChI is InChI=1S/C9H18O2/c1-5-9(10)11-6-8(4)7(2)3/h7-8H,5-6H2,1-4H3. The van der Waals surface area contributed by atoms with E-state index in [1.54, 1.807) is 0 Å². The largest absolute Gasteiger partial charge is 0.465 e. The lowest BCUT2D eigenvalue weighted by atomic mass is 9.99. The van der Waals surface area contributed by atoms with E-state index < -0.39 is 0 Å². The molecule has 1 unspecified atom stereocenters. The number of hydrogen-bond donors (Lipinski definition) is 0. The summed E-state index contributed by atoms with van der Waals surface area (Å²) in [5, 5.41) is 0. The summed E-state index contributed by atoms with van der Waals surface area (Å²) in [4.78, 5) is 10.7. The van der Waals surface area contributed by atoms with Gasteiger partial charge in [0.15, 0.2) is 0 Å². The third kappa shape index (κ3) is 4.82. The Morgan fingerprint density at radius 2 is 1.91 bits per heavy atom. The normalized spacial score (nSPS) is 13.2. The Bertz CT molecular complexity index is 119. The van der Waals surface area contributed by atoms with Crippen LogP contribution in [0.4, 0.5) is 0 Å². The zero-order chi connectivity index (χ0) is 8.85. The zero-order valence-corrected chi connectivity index (χ0v) is 7.89. The quantitative estimate of drug-likeness (QED) is 0.586. The van der Waals surface area contributed by atoms with Crippen LogP contribution in [-0.2, 0) is 9.53 Å². The molecule has 0 aliphatic carbocycles. The van der Waals surface area contributed by atoms with Crippen LogP contribution in [0.1, 0.15) is 34.1 Å². The summed E-state index contributed by atoms with van der Waals surface area (Å²) in [7, 11) is 0. The molecular weight excluding hydrogens is 140 g/mol. The zero-order valence-electron chi connectivity index (χ0n) is 7.89. The number of ether oxygens (including phenoxy) is 1. The Morgan fingerprint density at radius 3 is 2.27 bits per heavy atom. The number of hydrogen-bond acceptors (Lipinski definition) is 2. The maximum Gasteiger partial charge on any atom is 0.305 e. The second-order valence-corrected chi connectivity index (χ2v) is 3.26. The minimum atomic E-state index is -0.0995. The molecule has 1 atom stereocenters. The van der Waals surface area contributed by atoms with Crippen molar-refractivity contribution in [1.29, 1.82) is 0 Å². The van der Waals surface area contributed by atoms with Crippen LogP contribution in [0, 0.1) is 11.8 Å². The third-order valence-electron chi connectivity index (χ3n) is 1.93. The first-order valence-corrected chi connectivity index (χ1v) is 4.23.